The Labute approximate surface area is 152 Å². The largest absolute Gasteiger partial charge is 0.347 e. The third-order valence-electron chi connectivity index (χ3n) is 5.32. The summed E-state index contributed by atoms with van der Waals surface area (Å²) >= 11 is 1.67. The predicted octanol–water partition coefficient (Wildman–Crippen LogP) is 3.58. The van der Waals surface area contributed by atoms with Gasteiger partial charge in [-0.3, -0.25) is 0 Å². The molecule has 4 rings (SSSR count). The zero-order chi connectivity index (χ0) is 17.1. The molecule has 0 N–H and O–H groups in total. The van der Waals surface area contributed by atoms with Crippen LogP contribution in [0.4, 0.5) is 9.52 Å². The number of hydrogen-bond acceptors (Lipinski definition) is 5. The van der Waals surface area contributed by atoms with Crippen LogP contribution in [-0.2, 0) is 6.42 Å². The molecule has 4 nitrogen and oxygen atoms in total. The van der Waals surface area contributed by atoms with Crippen LogP contribution < -0.4 is 4.90 Å². The molecular weight excluding hydrogens is 335 g/mol. The van der Waals surface area contributed by atoms with Crippen LogP contribution in [-0.4, -0.2) is 47.8 Å². The van der Waals surface area contributed by atoms with E-state index in [2.05, 4.69) is 20.0 Å². The third-order valence-corrected chi connectivity index (χ3v) is 6.31. The van der Waals surface area contributed by atoms with Crippen LogP contribution in [0.2, 0.25) is 0 Å². The van der Waals surface area contributed by atoms with Gasteiger partial charge in [0.25, 0.3) is 0 Å². The first-order chi connectivity index (χ1) is 12.3. The van der Waals surface area contributed by atoms with Gasteiger partial charge in [0, 0.05) is 26.1 Å². The molecule has 2 aromatic rings. The molecule has 25 heavy (non-hydrogen) atoms. The summed E-state index contributed by atoms with van der Waals surface area (Å²) in [5.41, 5.74) is 1.08. The number of aromatic nitrogens is 2. The highest BCUT2D eigenvalue weighted by molar-refractivity contribution is 7.15. The van der Waals surface area contributed by atoms with E-state index in [9.17, 15) is 4.39 Å². The van der Waals surface area contributed by atoms with Gasteiger partial charge in [-0.1, -0.05) is 23.5 Å². The number of likely N-dealkylation sites (tertiary alicyclic amines) is 1. The second-order valence-corrected chi connectivity index (χ2v) is 8.26. The molecule has 0 aliphatic carbocycles. The van der Waals surface area contributed by atoms with Gasteiger partial charge in [-0.2, -0.15) is 0 Å². The lowest BCUT2D eigenvalue weighted by molar-refractivity contribution is 0.249. The van der Waals surface area contributed by atoms with E-state index >= 15 is 0 Å². The molecule has 0 radical (unpaired) electrons. The second-order valence-electron chi connectivity index (χ2n) is 7.22. The fourth-order valence-corrected chi connectivity index (χ4v) is 4.78. The summed E-state index contributed by atoms with van der Waals surface area (Å²) in [6.07, 6.45) is 5.98. The van der Waals surface area contributed by atoms with Crippen LogP contribution >= 0.6 is 11.3 Å². The van der Waals surface area contributed by atoms with Crippen LogP contribution in [0, 0.1) is 11.7 Å². The Balaban J connectivity index is 1.29. The minimum Gasteiger partial charge on any atom is -0.347 e. The summed E-state index contributed by atoms with van der Waals surface area (Å²) in [5.74, 6) is 0.638. The summed E-state index contributed by atoms with van der Waals surface area (Å²) < 4.78 is 13.0. The smallest absolute Gasteiger partial charge is 0.208 e. The van der Waals surface area contributed by atoms with Crippen LogP contribution in [0.3, 0.4) is 0 Å². The van der Waals surface area contributed by atoms with Crippen molar-refractivity contribution in [2.45, 2.75) is 32.1 Å². The second kappa shape index (κ2) is 7.79. The first-order valence-corrected chi connectivity index (χ1v) is 10.1. The molecule has 0 spiro atoms. The Morgan fingerprint density at radius 1 is 1.00 bits per heavy atom. The van der Waals surface area contributed by atoms with E-state index in [0.29, 0.717) is 0 Å². The highest BCUT2D eigenvalue weighted by atomic mass is 32.1. The average molecular weight is 361 g/mol. The maximum atomic E-state index is 13.0. The molecule has 134 valence electrons. The molecule has 2 saturated heterocycles. The molecule has 1 aromatic carbocycles. The molecular formula is C19H25FN4S. The van der Waals surface area contributed by atoms with Crippen molar-refractivity contribution in [3.8, 4) is 0 Å². The number of hydrogen-bond donors (Lipinski definition) is 0. The number of anilines is 1. The lowest BCUT2D eigenvalue weighted by atomic mass is 9.96. The van der Waals surface area contributed by atoms with Crippen LogP contribution in [0.5, 0.6) is 0 Å². The van der Waals surface area contributed by atoms with Crippen molar-refractivity contribution in [1.29, 1.82) is 0 Å². The van der Waals surface area contributed by atoms with Crippen molar-refractivity contribution in [1.82, 2.24) is 15.1 Å². The van der Waals surface area contributed by atoms with Gasteiger partial charge >= 0.3 is 0 Å². The molecule has 1 aromatic heterocycles. The maximum absolute atomic E-state index is 13.0. The monoisotopic (exact) mass is 360 g/mol. The van der Waals surface area contributed by atoms with Crippen molar-refractivity contribution in [3.63, 3.8) is 0 Å². The van der Waals surface area contributed by atoms with Crippen molar-refractivity contribution in [3.05, 3.63) is 40.7 Å². The molecule has 3 heterocycles. The lowest BCUT2D eigenvalue weighted by Gasteiger charge is -2.33. The molecule has 0 bridgehead atoms. The SMILES string of the molecule is Fc1ccc(Cc2nnc(N3CCC(CN4CCCC4)CC3)s2)cc1. The van der Waals surface area contributed by atoms with E-state index in [-0.39, 0.29) is 5.82 Å². The number of rotatable bonds is 5. The van der Waals surface area contributed by atoms with E-state index < -0.39 is 0 Å². The van der Waals surface area contributed by atoms with Gasteiger partial charge in [-0.05, 0) is 62.4 Å². The molecule has 2 fully saturated rings. The topological polar surface area (TPSA) is 32.3 Å². The molecule has 0 saturated carbocycles. The van der Waals surface area contributed by atoms with Gasteiger partial charge in [0.2, 0.25) is 5.13 Å². The normalized spacial score (nSPS) is 19.6. The van der Waals surface area contributed by atoms with Crippen LogP contribution in [0.15, 0.2) is 24.3 Å². The zero-order valence-corrected chi connectivity index (χ0v) is 15.3. The zero-order valence-electron chi connectivity index (χ0n) is 14.5. The fourth-order valence-electron chi connectivity index (χ4n) is 3.86. The third kappa shape index (κ3) is 4.36. The van der Waals surface area contributed by atoms with Crippen molar-refractivity contribution in [2.75, 3.05) is 37.6 Å². The first-order valence-electron chi connectivity index (χ1n) is 9.30. The Kier molecular flexibility index (Phi) is 5.27. The molecule has 0 amide bonds. The van der Waals surface area contributed by atoms with Crippen molar-refractivity contribution in [2.24, 2.45) is 5.92 Å². The van der Waals surface area contributed by atoms with E-state index in [1.807, 2.05) is 12.1 Å². The summed E-state index contributed by atoms with van der Waals surface area (Å²) in [6, 6.07) is 6.64. The van der Waals surface area contributed by atoms with Gasteiger partial charge in [-0.25, -0.2) is 4.39 Å². The van der Waals surface area contributed by atoms with Gasteiger partial charge < -0.3 is 9.80 Å². The highest BCUT2D eigenvalue weighted by Crippen LogP contribution is 2.28. The van der Waals surface area contributed by atoms with Crippen LogP contribution in [0.1, 0.15) is 36.3 Å². The van der Waals surface area contributed by atoms with Gasteiger partial charge in [-0.15, -0.1) is 10.2 Å². The van der Waals surface area contributed by atoms with E-state index in [4.69, 9.17) is 0 Å². The maximum Gasteiger partial charge on any atom is 0.208 e. The quantitative estimate of drug-likeness (QED) is 0.816. The standard InChI is InChI=1S/C19H25FN4S/c20-17-5-3-15(4-6-17)13-18-21-22-19(25-18)24-11-7-16(8-12-24)14-23-9-1-2-10-23/h3-6,16H,1-2,7-14H2. The molecule has 0 unspecified atom stereocenters. The summed E-state index contributed by atoms with van der Waals surface area (Å²) in [6.45, 7) is 6.04. The van der Waals surface area contributed by atoms with Gasteiger partial charge in [0.05, 0.1) is 0 Å². The van der Waals surface area contributed by atoms with Crippen molar-refractivity contribution < 1.29 is 4.39 Å². The first kappa shape index (κ1) is 16.9. The Morgan fingerprint density at radius 2 is 1.72 bits per heavy atom. The number of nitrogens with zero attached hydrogens (tertiary/aromatic N) is 4. The molecule has 6 heteroatoms. The minimum atomic E-state index is -0.196. The predicted molar refractivity (Wildman–Crippen MR) is 99.7 cm³/mol. The van der Waals surface area contributed by atoms with Crippen LogP contribution in [0.25, 0.3) is 0 Å². The minimum absolute atomic E-state index is 0.196. The van der Waals surface area contributed by atoms with Gasteiger partial charge in [0.15, 0.2) is 0 Å². The van der Waals surface area contributed by atoms with E-state index in [1.165, 1.54) is 57.5 Å². The Hall–Kier alpha value is -1.53. The lowest BCUT2D eigenvalue weighted by Crippen LogP contribution is -2.38. The fraction of sp³-hybridized carbons (Fsp3) is 0.579. The summed E-state index contributed by atoms with van der Waals surface area (Å²) in [4.78, 5) is 5.01. The Bertz CT molecular complexity index is 673. The average Bonchev–Trinajstić information content (AvgIpc) is 3.30. The Morgan fingerprint density at radius 3 is 2.44 bits per heavy atom. The number of benzene rings is 1. The summed E-state index contributed by atoms with van der Waals surface area (Å²) in [5, 5.41) is 10.8. The van der Waals surface area contributed by atoms with Gasteiger partial charge in [0.1, 0.15) is 10.8 Å². The highest BCUT2D eigenvalue weighted by Gasteiger charge is 2.24. The molecule has 2 aliphatic heterocycles. The van der Waals surface area contributed by atoms with E-state index in [1.54, 1.807) is 11.3 Å². The number of halogens is 1. The molecule has 0 atom stereocenters. The summed E-state index contributed by atoms with van der Waals surface area (Å²) in [7, 11) is 0. The van der Waals surface area contributed by atoms with Crippen molar-refractivity contribution >= 4 is 16.5 Å². The number of piperidine rings is 1. The van der Waals surface area contributed by atoms with E-state index in [0.717, 1.165) is 41.1 Å². The molecule has 2 aliphatic rings.